The van der Waals surface area contributed by atoms with Gasteiger partial charge in [0.2, 0.25) is 28.3 Å². The molecule has 17 rings (SSSR count). The number of hydrogen-bond donors (Lipinski definition) is 0. The third-order valence-corrected chi connectivity index (χ3v) is 17.0. The van der Waals surface area contributed by atoms with Crippen molar-refractivity contribution in [1.82, 2.24) is 0 Å². The predicted molar refractivity (Wildman–Crippen MR) is 284 cm³/mol. The Kier molecular flexibility index (Phi) is 7.14. The predicted octanol–water partition coefficient (Wildman–Crippen LogP) is 13.8. The number of fused-ring (bicyclic) bond motifs is 20. The van der Waals surface area contributed by atoms with Crippen molar-refractivity contribution in [1.29, 1.82) is 0 Å². The minimum atomic E-state index is -0.940. The van der Waals surface area contributed by atoms with Crippen LogP contribution < -0.4 is 13.7 Å². The van der Waals surface area contributed by atoms with E-state index in [-0.39, 0.29) is 0 Å². The molecule has 10 aromatic rings. The Morgan fingerprint density at radius 3 is 1.70 bits per heavy atom. The molecule has 71 heavy (non-hydrogen) atoms. The average molecular weight is 901 g/mol. The first-order valence-electron chi connectivity index (χ1n) is 24.9. The van der Waals surface area contributed by atoms with Gasteiger partial charge < -0.3 is 0 Å². The lowest BCUT2D eigenvalue weighted by Gasteiger charge is -2.43. The van der Waals surface area contributed by atoms with E-state index in [1.54, 1.807) is 0 Å². The quantitative estimate of drug-likeness (QED) is 0.146. The summed E-state index contributed by atoms with van der Waals surface area (Å²) in [5.41, 5.74) is 29.2. The number of hydrogen-bond acceptors (Lipinski definition) is 0. The van der Waals surface area contributed by atoms with Crippen molar-refractivity contribution in [3.05, 3.63) is 276 Å². The Labute approximate surface area is 411 Å². The molecule has 0 saturated heterocycles. The van der Waals surface area contributed by atoms with Crippen molar-refractivity contribution in [3.63, 3.8) is 0 Å². The molecule has 3 aromatic heterocycles. The summed E-state index contributed by atoms with van der Waals surface area (Å²) in [4.78, 5) is 0. The van der Waals surface area contributed by atoms with Gasteiger partial charge in [-0.2, -0.15) is 13.7 Å². The van der Waals surface area contributed by atoms with Crippen LogP contribution in [0.3, 0.4) is 0 Å². The molecule has 7 aromatic carbocycles. The smallest absolute Gasteiger partial charge is 0.196 e. The first-order valence-corrected chi connectivity index (χ1v) is 24.9. The Balaban J connectivity index is 1.19. The zero-order valence-corrected chi connectivity index (χ0v) is 38.6. The average Bonchev–Trinajstić information content (AvgIpc) is 3.77. The third kappa shape index (κ3) is 4.71. The molecule has 10 bridgehead atoms. The standard InChI is InChI=1S/C68H42N3/c1-2-16-42(17-3-1)57-35-64-52-24-10-12-26-54(52)65-66-55-27-13-11-25-53(55)63-33-31-44(39-70(63)66)47-19-6-8-22-50(47)60-34-45-36-67(61-37-68(60,65)71(64)40-58(57)49-21-7-9-23-51(49)61)41-69-38-43(46-18-4-5-20-48(45)46)30-32-62(69)56-28-14-15-29-59(56)67/h1-40H,41H2/q+3/b45-36+,60-34-,61-37-,66-65-. The fourth-order valence-electron chi connectivity index (χ4n) is 14.1. The lowest BCUT2D eigenvalue weighted by molar-refractivity contribution is -0.713. The van der Waals surface area contributed by atoms with Crippen molar-refractivity contribution in [2.75, 3.05) is 0 Å². The van der Waals surface area contributed by atoms with Crippen LogP contribution in [-0.2, 0) is 17.5 Å². The fourth-order valence-corrected chi connectivity index (χ4v) is 14.1. The van der Waals surface area contributed by atoms with Gasteiger partial charge in [0.1, 0.15) is 5.57 Å². The normalized spacial score (nSPS) is 22.2. The summed E-state index contributed by atoms with van der Waals surface area (Å²) in [6.07, 6.45) is 15.5. The molecule has 2 atom stereocenters. The summed E-state index contributed by atoms with van der Waals surface area (Å²) >= 11 is 0. The van der Waals surface area contributed by atoms with E-state index in [0.29, 0.717) is 0 Å². The van der Waals surface area contributed by atoms with Gasteiger partial charge in [0.05, 0.1) is 33.2 Å². The summed E-state index contributed by atoms with van der Waals surface area (Å²) in [6.45, 7) is 0.725. The van der Waals surface area contributed by atoms with Gasteiger partial charge in [-0.05, 0) is 98.1 Å². The van der Waals surface area contributed by atoms with E-state index in [9.17, 15) is 0 Å². The SMILES string of the molecule is C1=C2/c3ccccc3-c3c[n+]4c(cc3-c3ccccc3)-c3ccccc3/C3=C5\c6ccccc6-c6ccc(c[n+]65)-c5ccccc5/C(=C/C5=C\C26C[n+]2cc(ccc2-c2ccccc26)-c2ccccc25)C/134. The number of benzene rings is 7. The molecule has 6 aliphatic heterocycles. The number of pyridine rings is 3. The lowest BCUT2D eigenvalue weighted by atomic mass is 9.60. The maximum atomic E-state index is 2.78. The molecule has 0 radical (unpaired) electrons. The van der Waals surface area contributed by atoms with Gasteiger partial charge in [-0.3, -0.25) is 0 Å². The van der Waals surface area contributed by atoms with Crippen LogP contribution in [0.15, 0.2) is 243 Å². The second kappa shape index (κ2) is 13.4. The van der Waals surface area contributed by atoms with E-state index in [2.05, 4.69) is 257 Å². The number of allylic oxidation sites excluding steroid dienone is 7. The second-order valence-electron chi connectivity index (χ2n) is 20.3. The minimum absolute atomic E-state index is 0.648. The molecular weight excluding hydrogens is 859 g/mol. The van der Waals surface area contributed by atoms with Crippen molar-refractivity contribution >= 4 is 28.0 Å². The third-order valence-electron chi connectivity index (χ3n) is 17.0. The summed E-state index contributed by atoms with van der Waals surface area (Å²) < 4.78 is 7.84. The lowest BCUT2D eigenvalue weighted by Crippen LogP contribution is -2.61. The van der Waals surface area contributed by atoms with Crippen molar-refractivity contribution in [2.45, 2.75) is 17.5 Å². The van der Waals surface area contributed by atoms with Gasteiger partial charge in [-0.15, -0.1) is 0 Å². The van der Waals surface area contributed by atoms with Crippen LogP contribution in [0.25, 0.3) is 106 Å². The van der Waals surface area contributed by atoms with E-state index < -0.39 is 11.0 Å². The second-order valence-corrected chi connectivity index (χ2v) is 20.3. The van der Waals surface area contributed by atoms with Gasteiger partial charge in [0, 0.05) is 52.1 Å². The van der Waals surface area contributed by atoms with Crippen LogP contribution in [0.1, 0.15) is 33.4 Å². The van der Waals surface area contributed by atoms with Gasteiger partial charge >= 0.3 is 0 Å². The molecule has 0 saturated carbocycles. The molecule has 0 fully saturated rings. The van der Waals surface area contributed by atoms with Crippen molar-refractivity contribution in [3.8, 4) is 78.3 Å². The Morgan fingerprint density at radius 1 is 0.352 bits per heavy atom. The molecule has 9 heterocycles. The van der Waals surface area contributed by atoms with Crippen LogP contribution in [0.2, 0.25) is 0 Å². The summed E-state index contributed by atoms with van der Waals surface area (Å²) in [6, 6.07) is 78.4. The Hall–Kier alpha value is -9.05. The maximum Gasteiger partial charge on any atom is 0.246 e. The fraction of sp³-hybridized carbons (Fsp3) is 0.0441. The molecule has 3 heteroatoms. The van der Waals surface area contributed by atoms with E-state index in [4.69, 9.17) is 0 Å². The highest BCUT2D eigenvalue weighted by atomic mass is 15.1. The molecule has 1 aliphatic carbocycles. The largest absolute Gasteiger partial charge is 0.246 e. The Morgan fingerprint density at radius 2 is 0.930 bits per heavy atom. The van der Waals surface area contributed by atoms with Crippen LogP contribution in [-0.4, -0.2) is 0 Å². The van der Waals surface area contributed by atoms with Crippen molar-refractivity contribution in [2.24, 2.45) is 0 Å². The maximum absolute atomic E-state index is 2.78. The molecule has 2 spiro atoms. The highest BCUT2D eigenvalue weighted by molar-refractivity contribution is 6.12. The summed E-state index contributed by atoms with van der Waals surface area (Å²) in [5, 5.41) is 0. The van der Waals surface area contributed by atoms with Crippen LogP contribution in [0.5, 0.6) is 0 Å². The van der Waals surface area contributed by atoms with E-state index in [1.807, 2.05) is 0 Å². The van der Waals surface area contributed by atoms with Gasteiger partial charge in [-0.1, -0.05) is 158 Å². The number of aromatic nitrogens is 3. The highest BCUT2D eigenvalue weighted by Gasteiger charge is 2.61. The molecule has 326 valence electrons. The number of rotatable bonds is 1. The van der Waals surface area contributed by atoms with Crippen LogP contribution in [0, 0.1) is 0 Å². The van der Waals surface area contributed by atoms with Gasteiger partial charge in [0.15, 0.2) is 25.1 Å². The zero-order chi connectivity index (χ0) is 46.2. The van der Waals surface area contributed by atoms with Crippen LogP contribution >= 0.6 is 0 Å². The molecule has 0 N–H and O–H groups in total. The topological polar surface area (TPSA) is 11.6 Å². The molecule has 0 amide bonds. The zero-order valence-electron chi connectivity index (χ0n) is 38.6. The van der Waals surface area contributed by atoms with Crippen LogP contribution in [0.4, 0.5) is 0 Å². The first kappa shape index (κ1) is 37.9. The van der Waals surface area contributed by atoms with Crippen molar-refractivity contribution < 1.29 is 13.7 Å². The monoisotopic (exact) mass is 900 g/mol. The summed E-state index contributed by atoms with van der Waals surface area (Å²) in [7, 11) is 0. The Bertz CT molecular complexity index is 4260. The molecule has 7 aliphatic rings. The summed E-state index contributed by atoms with van der Waals surface area (Å²) in [5.74, 6) is 0. The van der Waals surface area contributed by atoms with E-state index >= 15 is 0 Å². The van der Waals surface area contributed by atoms with E-state index in [0.717, 1.165) is 6.54 Å². The van der Waals surface area contributed by atoms with E-state index in [1.165, 1.54) is 140 Å². The highest BCUT2D eigenvalue weighted by Crippen LogP contribution is 2.61. The molecule has 2 unspecified atom stereocenters. The van der Waals surface area contributed by atoms with Gasteiger partial charge in [0.25, 0.3) is 0 Å². The van der Waals surface area contributed by atoms with Gasteiger partial charge in [-0.25, -0.2) is 0 Å². The minimum Gasteiger partial charge on any atom is -0.196 e. The molecule has 3 nitrogen and oxygen atoms in total. The number of nitrogens with zero attached hydrogens (tertiary/aromatic N) is 3. The first-order chi connectivity index (χ1) is 35.2. The molecular formula is C68H42N3+3.